The Kier molecular flexibility index (Phi) is 7.62. The van der Waals surface area contributed by atoms with Gasteiger partial charge in [0.15, 0.2) is 11.3 Å². The molecule has 0 amide bonds. The Bertz CT molecular complexity index is 1060. The Balaban J connectivity index is 1.63. The van der Waals surface area contributed by atoms with Crippen LogP contribution in [0.4, 0.5) is 0 Å². The van der Waals surface area contributed by atoms with E-state index in [4.69, 9.17) is 18.6 Å². The van der Waals surface area contributed by atoms with Crippen LogP contribution in [0.2, 0.25) is 0 Å². The summed E-state index contributed by atoms with van der Waals surface area (Å²) in [6.45, 7) is 3.44. The van der Waals surface area contributed by atoms with Gasteiger partial charge in [-0.25, -0.2) is 0 Å². The zero-order valence-corrected chi connectivity index (χ0v) is 19.4. The highest BCUT2D eigenvalue weighted by atomic mass is 16.5. The van der Waals surface area contributed by atoms with Crippen molar-refractivity contribution in [3.63, 3.8) is 0 Å². The third-order valence-corrected chi connectivity index (χ3v) is 6.27. The predicted octanol–water partition coefficient (Wildman–Crippen LogP) is 4.69. The second kappa shape index (κ2) is 10.8. The molecule has 7 heteroatoms. The fourth-order valence-corrected chi connectivity index (χ4v) is 4.61. The topological polar surface area (TPSA) is 84.5 Å². The van der Waals surface area contributed by atoms with Gasteiger partial charge >= 0.3 is 0 Å². The van der Waals surface area contributed by atoms with Gasteiger partial charge in [-0.3, -0.25) is 4.90 Å². The number of methoxy groups -OCH3 is 2. The molecule has 1 aliphatic rings. The standard InChI is InChI=1S/C26H33NO6/c1-30-23-20-11-15-32-24(20)26(31-2)25(33-16-14-27-12-4-3-5-13-27)22(23)21(29)10-9-18-7-6-8-19(28)17-18/h6-8,11,15,17,21,28-29H,3-5,9-10,12-14,16H2,1-2H3. The minimum atomic E-state index is -0.861. The van der Waals surface area contributed by atoms with Crippen molar-refractivity contribution < 1.29 is 28.8 Å². The Morgan fingerprint density at radius 3 is 2.55 bits per heavy atom. The molecule has 2 aromatic carbocycles. The smallest absolute Gasteiger partial charge is 0.205 e. The molecule has 7 nitrogen and oxygen atoms in total. The van der Waals surface area contributed by atoms with Crippen molar-refractivity contribution in [2.24, 2.45) is 0 Å². The lowest BCUT2D eigenvalue weighted by molar-refractivity contribution is 0.149. The van der Waals surface area contributed by atoms with Crippen LogP contribution < -0.4 is 14.2 Å². The maximum Gasteiger partial charge on any atom is 0.205 e. The minimum Gasteiger partial charge on any atom is -0.508 e. The number of piperidine rings is 1. The summed E-state index contributed by atoms with van der Waals surface area (Å²) in [6.07, 6.45) is 5.44. The van der Waals surface area contributed by atoms with Gasteiger partial charge in [0, 0.05) is 6.54 Å². The number of phenols is 1. The molecule has 1 aliphatic heterocycles. The number of furan rings is 1. The van der Waals surface area contributed by atoms with Gasteiger partial charge in [0.25, 0.3) is 0 Å². The van der Waals surface area contributed by atoms with E-state index in [-0.39, 0.29) is 5.75 Å². The first-order chi connectivity index (χ1) is 16.1. The Hall–Kier alpha value is -2.90. The minimum absolute atomic E-state index is 0.211. The van der Waals surface area contributed by atoms with Crippen molar-refractivity contribution in [3.05, 3.63) is 47.7 Å². The summed E-state index contributed by atoms with van der Waals surface area (Å²) >= 11 is 0. The van der Waals surface area contributed by atoms with Gasteiger partial charge in [0.05, 0.1) is 37.5 Å². The number of fused-ring (bicyclic) bond motifs is 1. The molecule has 0 aliphatic carbocycles. The van der Waals surface area contributed by atoms with Gasteiger partial charge in [0.2, 0.25) is 5.75 Å². The molecule has 1 fully saturated rings. The summed E-state index contributed by atoms with van der Waals surface area (Å²) in [4.78, 5) is 2.40. The maximum absolute atomic E-state index is 11.3. The number of ether oxygens (including phenoxy) is 3. The highest BCUT2D eigenvalue weighted by Gasteiger charge is 2.29. The third kappa shape index (κ3) is 5.20. The van der Waals surface area contributed by atoms with Crippen molar-refractivity contribution in [2.45, 2.75) is 38.2 Å². The fraction of sp³-hybridized carbons (Fsp3) is 0.462. The first kappa shape index (κ1) is 23.3. The summed E-state index contributed by atoms with van der Waals surface area (Å²) in [5.41, 5.74) is 2.03. The average Bonchev–Trinajstić information content (AvgIpc) is 3.32. The van der Waals surface area contributed by atoms with E-state index < -0.39 is 6.10 Å². The SMILES string of the molecule is COc1c(C(O)CCc2cccc(O)c2)c(OCCN2CCCCC2)c(OC)c2occc12. The van der Waals surface area contributed by atoms with Crippen LogP contribution in [-0.4, -0.2) is 55.6 Å². The van der Waals surface area contributed by atoms with Crippen molar-refractivity contribution in [3.8, 4) is 23.0 Å². The molecule has 4 rings (SSSR count). The first-order valence-corrected chi connectivity index (χ1v) is 11.6. The summed E-state index contributed by atoms with van der Waals surface area (Å²) in [5.74, 6) is 1.65. The second-order valence-electron chi connectivity index (χ2n) is 8.45. The number of aliphatic hydroxyl groups excluding tert-OH is 1. The average molecular weight is 456 g/mol. The molecule has 33 heavy (non-hydrogen) atoms. The molecule has 1 aromatic heterocycles. The number of aliphatic hydroxyl groups is 1. The van der Waals surface area contributed by atoms with Crippen LogP contribution in [0.25, 0.3) is 11.0 Å². The molecule has 1 atom stereocenters. The molecule has 2 N–H and O–H groups in total. The second-order valence-corrected chi connectivity index (χ2v) is 8.45. The lowest BCUT2D eigenvalue weighted by Crippen LogP contribution is -2.33. The van der Waals surface area contributed by atoms with Crippen LogP contribution in [-0.2, 0) is 6.42 Å². The number of aryl methyl sites for hydroxylation is 1. The van der Waals surface area contributed by atoms with Gasteiger partial charge < -0.3 is 28.8 Å². The molecule has 0 saturated carbocycles. The fourth-order valence-electron chi connectivity index (χ4n) is 4.61. The zero-order valence-electron chi connectivity index (χ0n) is 19.4. The van der Waals surface area contributed by atoms with Gasteiger partial charge in [0.1, 0.15) is 18.1 Å². The Morgan fingerprint density at radius 2 is 1.82 bits per heavy atom. The number of phenolic OH excluding ortho intramolecular Hbond substituents is 1. The van der Waals surface area contributed by atoms with Crippen molar-refractivity contribution in [2.75, 3.05) is 40.5 Å². The van der Waals surface area contributed by atoms with E-state index in [1.165, 1.54) is 19.3 Å². The molecule has 0 spiro atoms. The Morgan fingerprint density at radius 1 is 1.03 bits per heavy atom. The van der Waals surface area contributed by atoms with Crippen LogP contribution in [0.1, 0.15) is 42.9 Å². The molecule has 1 unspecified atom stereocenters. The molecule has 3 aromatic rings. The first-order valence-electron chi connectivity index (χ1n) is 11.6. The van der Waals surface area contributed by atoms with E-state index in [0.717, 1.165) is 30.6 Å². The summed E-state index contributed by atoms with van der Waals surface area (Å²) in [6, 6.07) is 8.88. The van der Waals surface area contributed by atoms with Crippen LogP contribution >= 0.6 is 0 Å². The Labute approximate surface area is 194 Å². The summed E-state index contributed by atoms with van der Waals surface area (Å²) < 4.78 is 23.4. The van der Waals surface area contributed by atoms with E-state index in [1.54, 1.807) is 44.7 Å². The van der Waals surface area contributed by atoms with Crippen LogP contribution in [0.3, 0.4) is 0 Å². The monoisotopic (exact) mass is 455 g/mol. The largest absolute Gasteiger partial charge is 0.508 e. The zero-order chi connectivity index (χ0) is 23.2. The van der Waals surface area contributed by atoms with Crippen LogP contribution in [0.5, 0.6) is 23.0 Å². The molecule has 2 heterocycles. The maximum atomic E-state index is 11.3. The van der Waals surface area contributed by atoms with Crippen molar-refractivity contribution >= 4 is 11.0 Å². The molecular formula is C26H33NO6. The molecule has 0 bridgehead atoms. The molecule has 178 valence electrons. The van der Waals surface area contributed by atoms with Crippen LogP contribution in [0, 0.1) is 0 Å². The van der Waals surface area contributed by atoms with E-state index in [0.29, 0.717) is 47.8 Å². The van der Waals surface area contributed by atoms with Gasteiger partial charge in [-0.1, -0.05) is 18.6 Å². The highest BCUT2D eigenvalue weighted by molar-refractivity contribution is 5.93. The van der Waals surface area contributed by atoms with Crippen molar-refractivity contribution in [1.29, 1.82) is 0 Å². The number of hydrogen-bond acceptors (Lipinski definition) is 7. The lowest BCUT2D eigenvalue weighted by atomic mass is 9.97. The number of hydrogen-bond donors (Lipinski definition) is 2. The summed E-state index contributed by atoms with van der Waals surface area (Å²) in [5, 5.41) is 21.8. The quantitative estimate of drug-likeness (QED) is 0.459. The normalized spacial score (nSPS) is 15.5. The number of rotatable bonds is 10. The molecule has 1 saturated heterocycles. The molecular weight excluding hydrogens is 422 g/mol. The van der Waals surface area contributed by atoms with E-state index in [2.05, 4.69) is 4.90 Å². The van der Waals surface area contributed by atoms with Gasteiger partial charge in [-0.05, 0) is 62.5 Å². The van der Waals surface area contributed by atoms with E-state index in [9.17, 15) is 10.2 Å². The van der Waals surface area contributed by atoms with Crippen molar-refractivity contribution in [1.82, 2.24) is 4.90 Å². The van der Waals surface area contributed by atoms with E-state index >= 15 is 0 Å². The molecule has 0 radical (unpaired) electrons. The number of likely N-dealkylation sites (tertiary alicyclic amines) is 1. The van der Waals surface area contributed by atoms with Gasteiger partial charge in [-0.2, -0.15) is 0 Å². The number of aromatic hydroxyl groups is 1. The highest BCUT2D eigenvalue weighted by Crippen LogP contribution is 2.49. The summed E-state index contributed by atoms with van der Waals surface area (Å²) in [7, 11) is 3.15. The van der Waals surface area contributed by atoms with Gasteiger partial charge in [-0.15, -0.1) is 0 Å². The predicted molar refractivity (Wildman–Crippen MR) is 126 cm³/mol. The van der Waals surface area contributed by atoms with E-state index in [1.807, 2.05) is 6.07 Å². The van der Waals surface area contributed by atoms with Crippen LogP contribution in [0.15, 0.2) is 41.0 Å². The number of nitrogens with zero attached hydrogens (tertiary/aromatic N) is 1. The number of benzene rings is 2. The third-order valence-electron chi connectivity index (χ3n) is 6.27. The lowest BCUT2D eigenvalue weighted by Gasteiger charge is -2.27.